The van der Waals surface area contributed by atoms with Crippen LogP contribution in [-0.2, 0) is 0 Å². The Morgan fingerprint density at radius 1 is 1.38 bits per heavy atom. The summed E-state index contributed by atoms with van der Waals surface area (Å²) in [6, 6.07) is 3.52. The minimum Gasteiger partial charge on any atom is -0.389 e. The number of aliphatic hydroxyl groups is 3. The molecule has 3 atom stereocenters. The van der Waals surface area contributed by atoms with E-state index in [9.17, 15) is 15.3 Å². The maximum absolute atomic E-state index is 9.45. The van der Waals surface area contributed by atoms with E-state index in [0.717, 1.165) is 5.56 Å². The zero-order valence-corrected chi connectivity index (χ0v) is 9.11. The van der Waals surface area contributed by atoms with Gasteiger partial charge in [-0.3, -0.25) is 0 Å². The van der Waals surface area contributed by atoms with Crippen LogP contribution >= 0.6 is 0 Å². The molecule has 0 radical (unpaired) electrons. The van der Waals surface area contributed by atoms with E-state index in [4.69, 9.17) is 0 Å². The highest BCUT2D eigenvalue weighted by Gasteiger charge is 2.30. The maximum atomic E-state index is 9.45. The van der Waals surface area contributed by atoms with Crippen molar-refractivity contribution in [1.29, 1.82) is 0 Å². The molecule has 0 aromatic carbocycles. The molecular formula is C11H16N2O3. The van der Waals surface area contributed by atoms with Crippen molar-refractivity contribution in [2.45, 2.75) is 25.2 Å². The molecule has 1 aliphatic heterocycles. The Kier molecular flexibility index (Phi) is 3.09. The number of rotatable bonds is 2. The van der Waals surface area contributed by atoms with Gasteiger partial charge in [-0.2, -0.15) is 0 Å². The average Bonchev–Trinajstić information content (AvgIpc) is 2.59. The summed E-state index contributed by atoms with van der Waals surface area (Å²) in [5.74, 6) is 0.675. The Morgan fingerprint density at radius 3 is 2.56 bits per heavy atom. The van der Waals surface area contributed by atoms with Crippen LogP contribution in [0.3, 0.4) is 0 Å². The van der Waals surface area contributed by atoms with Gasteiger partial charge in [0.25, 0.3) is 0 Å². The fourth-order valence-electron chi connectivity index (χ4n) is 1.82. The lowest BCUT2D eigenvalue weighted by Gasteiger charge is -2.17. The molecule has 1 aromatic rings. The molecule has 5 heteroatoms. The first kappa shape index (κ1) is 11.3. The number of anilines is 1. The monoisotopic (exact) mass is 224 g/mol. The van der Waals surface area contributed by atoms with E-state index in [1.807, 2.05) is 0 Å². The molecule has 1 fully saturated rings. The first-order valence-corrected chi connectivity index (χ1v) is 5.33. The summed E-state index contributed by atoms with van der Waals surface area (Å²) in [5.41, 5.74) is 0.779. The van der Waals surface area contributed by atoms with Gasteiger partial charge in [-0.05, 0) is 24.6 Å². The highest BCUT2D eigenvalue weighted by atomic mass is 16.3. The largest absolute Gasteiger partial charge is 0.389 e. The second-order valence-electron chi connectivity index (χ2n) is 4.16. The van der Waals surface area contributed by atoms with Crippen molar-refractivity contribution in [3.8, 4) is 0 Å². The number of β-amino-alcohol motifs (C(OH)–C–C–N with tert-alkyl or cyclic N) is 2. The molecule has 16 heavy (non-hydrogen) atoms. The minimum absolute atomic E-state index is 0.372. The van der Waals surface area contributed by atoms with E-state index in [1.165, 1.54) is 0 Å². The summed E-state index contributed by atoms with van der Waals surface area (Å²) < 4.78 is 0. The standard InChI is InChI=1S/C11H16N2O3/c1-7(14)8-2-3-12-11(4-8)13-5-9(15)10(16)6-13/h2-4,7,9-10,14-16H,5-6H2,1H3/t7-,9?,10?/m0/s1. The molecular weight excluding hydrogens is 208 g/mol. The van der Waals surface area contributed by atoms with Gasteiger partial charge in [0.1, 0.15) is 5.82 Å². The van der Waals surface area contributed by atoms with E-state index >= 15 is 0 Å². The lowest BCUT2D eigenvalue weighted by Crippen LogP contribution is -2.22. The molecule has 2 rings (SSSR count). The SMILES string of the molecule is C[C@H](O)c1ccnc(N2CC(O)C(O)C2)c1. The second kappa shape index (κ2) is 4.37. The van der Waals surface area contributed by atoms with Crippen molar-refractivity contribution in [1.82, 2.24) is 4.98 Å². The van der Waals surface area contributed by atoms with Gasteiger partial charge in [0.15, 0.2) is 0 Å². The molecule has 0 bridgehead atoms. The highest BCUT2D eigenvalue weighted by molar-refractivity contribution is 5.43. The summed E-state index contributed by atoms with van der Waals surface area (Å²) in [5, 5.41) is 28.3. The first-order valence-electron chi connectivity index (χ1n) is 5.33. The van der Waals surface area contributed by atoms with Gasteiger partial charge in [0.05, 0.1) is 18.3 Å². The van der Waals surface area contributed by atoms with E-state index in [0.29, 0.717) is 18.9 Å². The number of nitrogens with zero attached hydrogens (tertiary/aromatic N) is 2. The summed E-state index contributed by atoms with van der Waals surface area (Å²) in [6.07, 6.45) is -0.373. The van der Waals surface area contributed by atoms with Crippen molar-refractivity contribution in [3.63, 3.8) is 0 Å². The number of pyridine rings is 1. The van der Waals surface area contributed by atoms with Gasteiger partial charge < -0.3 is 20.2 Å². The van der Waals surface area contributed by atoms with Crippen LogP contribution in [0.1, 0.15) is 18.6 Å². The fourth-order valence-corrected chi connectivity index (χ4v) is 1.82. The van der Waals surface area contributed by atoms with Gasteiger partial charge in [0, 0.05) is 19.3 Å². The average molecular weight is 224 g/mol. The van der Waals surface area contributed by atoms with E-state index in [-0.39, 0.29) is 0 Å². The van der Waals surface area contributed by atoms with Crippen molar-refractivity contribution in [2.75, 3.05) is 18.0 Å². The number of hydrogen-bond acceptors (Lipinski definition) is 5. The van der Waals surface area contributed by atoms with E-state index in [1.54, 1.807) is 30.2 Å². The number of hydrogen-bond donors (Lipinski definition) is 3. The lowest BCUT2D eigenvalue weighted by atomic mass is 10.2. The molecule has 0 amide bonds. The third kappa shape index (κ3) is 2.16. The molecule has 88 valence electrons. The fraction of sp³-hybridized carbons (Fsp3) is 0.545. The number of aromatic nitrogens is 1. The molecule has 0 spiro atoms. The van der Waals surface area contributed by atoms with Crippen molar-refractivity contribution < 1.29 is 15.3 Å². The number of aliphatic hydroxyl groups excluding tert-OH is 3. The van der Waals surface area contributed by atoms with Crippen LogP contribution in [0.15, 0.2) is 18.3 Å². The van der Waals surface area contributed by atoms with Gasteiger partial charge in [-0.1, -0.05) is 0 Å². The first-order chi connectivity index (χ1) is 7.58. The molecule has 1 aromatic heterocycles. The lowest BCUT2D eigenvalue weighted by molar-refractivity contribution is 0.0572. The highest BCUT2D eigenvalue weighted by Crippen LogP contribution is 2.21. The smallest absolute Gasteiger partial charge is 0.129 e. The second-order valence-corrected chi connectivity index (χ2v) is 4.16. The Hall–Kier alpha value is -1.17. The van der Waals surface area contributed by atoms with Crippen LogP contribution in [0.5, 0.6) is 0 Å². The van der Waals surface area contributed by atoms with E-state index < -0.39 is 18.3 Å². The Labute approximate surface area is 94.0 Å². The molecule has 1 saturated heterocycles. The zero-order chi connectivity index (χ0) is 11.7. The van der Waals surface area contributed by atoms with Gasteiger partial charge in [-0.15, -0.1) is 0 Å². The van der Waals surface area contributed by atoms with E-state index in [2.05, 4.69) is 4.98 Å². The third-order valence-corrected chi connectivity index (χ3v) is 2.84. The van der Waals surface area contributed by atoms with Crippen molar-refractivity contribution in [3.05, 3.63) is 23.9 Å². The zero-order valence-electron chi connectivity index (χ0n) is 9.11. The predicted molar refractivity (Wildman–Crippen MR) is 59.1 cm³/mol. The molecule has 1 aliphatic rings. The van der Waals surface area contributed by atoms with Gasteiger partial charge in [0.2, 0.25) is 0 Å². The normalized spacial score (nSPS) is 27.1. The summed E-state index contributed by atoms with van der Waals surface area (Å²) in [7, 11) is 0. The van der Waals surface area contributed by atoms with Crippen molar-refractivity contribution >= 4 is 5.82 Å². The molecule has 2 heterocycles. The summed E-state index contributed by atoms with van der Waals surface area (Å²) in [4.78, 5) is 5.97. The minimum atomic E-state index is -0.725. The van der Waals surface area contributed by atoms with Crippen molar-refractivity contribution in [2.24, 2.45) is 0 Å². The summed E-state index contributed by atoms with van der Waals surface area (Å²) in [6.45, 7) is 2.43. The van der Waals surface area contributed by atoms with Crippen LogP contribution < -0.4 is 4.90 Å². The Morgan fingerprint density at radius 2 is 2.00 bits per heavy atom. The third-order valence-electron chi connectivity index (χ3n) is 2.84. The van der Waals surface area contributed by atoms with Crippen LogP contribution in [-0.4, -0.2) is 45.6 Å². The predicted octanol–water partition coefficient (Wildman–Crippen LogP) is -0.323. The van der Waals surface area contributed by atoms with Crippen LogP contribution in [0.4, 0.5) is 5.82 Å². The maximum Gasteiger partial charge on any atom is 0.129 e. The quantitative estimate of drug-likeness (QED) is 0.641. The van der Waals surface area contributed by atoms with Crippen LogP contribution in [0.25, 0.3) is 0 Å². The molecule has 5 nitrogen and oxygen atoms in total. The summed E-state index contributed by atoms with van der Waals surface area (Å²) >= 11 is 0. The Balaban J connectivity index is 2.18. The van der Waals surface area contributed by atoms with Crippen LogP contribution in [0.2, 0.25) is 0 Å². The molecule has 0 saturated carbocycles. The molecule has 3 N–H and O–H groups in total. The Bertz CT molecular complexity index is 360. The molecule has 2 unspecified atom stereocenters. The van der Waals surface area contributed by atoms with Gasteiger partial charge in [-0.25, -0.2) is 4.98 Å². The topological polar surface area (TPSA) is 76.8 Å². The van der Waals surface area contributed by atoms with Crippen LogP contribution in [0, 0.1) is 0 Å². The van der Waals surface area contributed by atoms with Gasteiger partial charge >= 0.3 is 0 Å². The molecule has 0 aliphatic carbocycles.